The van der Waals surface area contributed by atoms with Gasteiger partial charge in [0, 0.05) is 6.07 Å². The molecule has 0 radical (unpaired) electrons. The molecule has 5 aromatic carbocycles. The molecule has 0 aromatic heterocycles. The van der Waals surface area contributed by atoms with Gasteiger partial charge in [-0.25, -0.2) is 19.2 Å². The van der Waals surface area contributed by atoms with Gasteiger partial charge in [-0.1, -0.05) is 135 Å². The van der Waals surface area contributed by atoms with E-state index in [4.69, 9.17) is 28.4 Å². The minimum Gasteiger partial charge on any atom is -0.494 e. The highest BCUT2D eigenvalue weighted by Gasteiger charge is 2.17. The monoisotopic (exact) mass is 1000 g/mol. The zero-order chi connectivity index (χ0) is 48.9. The lowest BCUT2D eigenvalue weighted by atomic mass is 10.1. The molecule has 0 aliphatic carbocycles. The summed E-state index contributed by atoms with van der Waals surface area (Å²) in [4.78, 5) is 51.9. The molecule has 0 amide bonds. The molecule has 0 aliphatic heterocycles. The Morgan fingerprint density at radius 3 is 1.09 bits per heavy atom. The second-order valence-electron chi connectivity index (χ2n) is 17.3. The van der Waals surface area contributed by atoms with E-state index in [1.54, 1.807) is 66.7 Å². The maximum atomic E-state index is 13.1. The fraction of sp³-hybridized carbons (Fsp3) is 0.414. The third-order valence-corrected chi connectivity index (χ3v) is 12.2. The molecular weight excluding hydrogens is 937 g/mol. The van der Waals surface area contributed by atoms with Crippen LogP contribution in [0.3, 0.4) is 0 Å². The van der Waals surface area contributed by atoms with Gasteiger partial charge in [0.2, 0.25) is 0 Å². The normalized spacial score (nSPS) is 10.9. The van der Waals surface area contributed by atoms with Crippen LogP contribution in [0.4, 0.5) is 0 Å². The first-order chi connectivity index (χ1) is 33.7. The third kappa shape index (κ3) is 20.3. The Labute approximate surface area is 417 Å². The zero-order valence-electron chi connectivity index (χ0n) is 40.5. The van der Waals surface area contributed by atoms with Crippen molar-refractivity contribution in [3.8, 4) is 34.5 Å². The number of hydrogen-bond donors (Lipinski definition) is 0. The molecule has 5 aromatic rings. The SMILES string of the molecule is CCCCCCCCCCCCOc1ccc(C(=O)Oc2ccc(C(=O)Oc3cccc(OC(=O)c4ccc(OC(=O)c5ccc(OCCCCCCCCCCCC)cc5)c(Br)c4)c3)cc2)cc1. The maximum Gasteiger partial charge on any atom is 0.343 e. The Kier molecular flexibility index (Phi) is 24.5. The molecular formula is C58H69BrO10. The van der Waals surface area contributed by atoms with Crippen molar-refractivity contribution >= 4 is 39.8 Å². The van der Waals surface area contributed by atoms with E-state index in [9.17, 15) is 19.2 Å². The van der Waals surface area contributed by atoms with Crippen LogP contribution < -0.4 is 28.4 Å². The highest BCUT2D eigenvalue weighted by molar-refractivity contribution is 9.10. The van der Waals surface area contributed by atoms with Crippen LogP contribution in [-0.2, 0) is 0 Å². The molecule has 0 bridgehead atoms. The minimum atomic E-state index is -0.681. The van der Waals surface area contributed by atoms with Crippen molar-refractivity contribution in [3.63, 3.8) is 0 Å². The van der Waals surface area contributed by atoms with Crippen LogP contribution in [-0.4, -0.2) is 37.1 Å². The van der Waals surface area contributed by atoms with E-state index in [-0.39, 0.29) is 34.1 Å². The number of ether oxygens (including phenoxy) is 6. The summed E-state index contributed by atoms with van der Waals surface area (Å²) in [5.41, 5.74) is 1.13. The van der Waals surface area contributed by atoms with Gasteiger partial charge in [0.05, 0.1) is 39.9 Å². The predicted octanol–water partition coefficient (Wildman–Crippen LogP) is 15.9. The van der Waals surface area contributed by atoms with Crippen molar-refractivity contribution in [2.24, 2.45) is 0 Å². The molecule has 5 rings (SSSR count). The van der Waals surface area contributed by atoms with Gasteiger partial charge in [-0.15, -0.1) is 0 Å². The number of halogens is 1. The van der Waals surface area contributed by atoms with Gasteiger partial charge < -0.3 is 28.4 Å². The van der Waals surface area contributed by atoms with E-state index in [0.29, 0.717) is 40.3 Å². The minimum absolute atomic E-state index is 0.142. The lowest BCUT2D eigenvalue weighted by molar-refractivity contribution is 0.0722. The fourth-order valence-electron chi connectivity index (χ4n) is 7.56. The molecule has 0 atom stereocenters. The molecule has 0 aliphatic rings. The standard InChI is InChI=1S/C58H69BrO10/c1-3-5-7-9-11-13-15-17-19-21-40-64-48-33-26-44(27-34-48)55(60)66-50-37-30-45(31-38-50)56(61)67-51-24-23-25-52(43-51)68-58(63)47-32-39-54(53(59)42-47)69-57(62)46-28-35-49(36-29-46)65-41-22-20-18-16-14-12-10-8-6-4-2/h23-39,42-43H,3-22,40-41H2,1-2H3. The summed E-state index contributed by atoms with van der Waals surface area (Å²) in [5, 5.41) is 0. The lowest BCUT2D eigenvalue weighted by Crippen LogP contribution is -2.12. The fourth-order valence-corrected chi connectivity index (χ4v) is 8.02. The Hall–Kier alpha value is -5.94. The summed E-state index contributed by atoms with van der Waals surface area (Å²) >= 11 is 3.40. The van der Waals surface area contributed by atoms with E-state index in [0.717, 1.165) is 25.7 Å². The van der Waals surface area contributed by atoms with Gasteiger partial charge in [0.1, 0.15) is 34.5 Å². The average molecular weight is 1010 g/mol. The van der Waals surface area contributed by atoms with Crippen LogP contribution in [0.2, 0.25) is 0 Å². The lowest BCUT2D eigenvalue weighted by Gasteiger charge is -2.10. The number of esters is 4. The molecule has 69 heavy (non-hydrogen) atoms. The highest BCUT2D eigenvalue weighted by Crippen LogP contribution is 2.29. The van der Waals surface area contributed by atoms with Crippen LogP contribution in [0.1, 0.15) is 184 Å². The summed E-state index contributed by atoms with van der Waals surface area (Å²) in [7, 11) is 0. The Morgan fingerprint density at radius 1 is 0.348 bits per heavy atom. The van der Waals surface area contributed by atoms with Gasteiger partial charge >= 0.3 is 23.9 Å². The molecule has 0 saturated heterocycles. The van der Waals surface area contributed by atoms with Crippen molar-refractivity contribution in [2.45, 2.75) is 142 Å². The second-order valence-corrected chi connectivity index (χ2v) is 18.2. The van der Waals surface area contributed by atoms with E-state index >= 15 is 0 Å². The number of benzene rings is 5. The Balaban J connectivity index is 0.992. The van der Waals surface area contributed by atoms with Gasteiger partial charge in [0.15, 0.2) is 0 Å². The topological polar surface area (TPSA) is 124 Å². The molecule has 0 fully saturated rings. The van der Waals surface area contributed by atoms with Crippen molar-refractivity contribution < 1.29 is 47.6 Å². The molecule has 0 N–H and O–H groups in total. The summed E-state index contributed by atoms with van der Waals surface area (Å²) in [6, 6.07) is 30.3. The second kappa shape index (κ2) is 31.2. The van der Waals surface area contributed by atoms with Crippen LogP contribution in [0, 0.1) is 0 Å². The Morgan fingerprint density at radius 2 is 0.681 bits per heavy atom. The molecule has 0 spiro atoms. The van der Waals surface area contributed by atoms with Crippen molar-refractivity contribution in [1.82, 2.24) is 0 Å². The van der Waals surface area contributed by atoms with Crippen LogP contribution in [0.25, 0.3) is 0 Å². The zero-order valence-corrected chi connectivity index (χ0v) is 42.1. The quantitative estimate of drug-likeness (QED) is 0.0234. The molecule has 10 nitrogen and oxygen atoms in total. The maximum absolute atomic E-state index is 13.1. The van der Waals surface area contributed by atoms with Crippen molar-refractivity contribution in [3.05, 3.63) is 142 Å². The average Bonchev–Trinajstić information content (AvgIpc) is 3.36. The summed E-state index contributed by atoms with van der Waals surface area (Å²) in [6.07, 6.45) is 25.2. The molecule has 368 valence electrons. The van der Waals surface area contributed by atoms with Gasteiger partial charge in [-0.05, 0) is 132 Å². The van der Waals surface area contributed by atoms with Crippen LogP contribution in [0.15, 0.2) is 120 Å². The van der Waals surface area contributed by atoms with Crippen LogP contribution in [0.5, 0.6) is 34.5 Å². The molecule has 0 heterocycles. The molecule has 11 heteroatoms. The van der Waals surface area contributed by atoms with Crippen molar-refractivity contribution in [1.29, 1.82) is 0 Å². The van der Waals surface area contributed by atoms with Gasteiger partial charge in [0.25, 0.3) is 0 Å². The highest BCUT2D eigenvalue weighted by atomic mass is 79.9. The molecule has 0 saturated carbocycles. The number of rotatable bonds is 32. The van der Waals surface area contributed by atoms with Gasteiger partial charge in [-0.3, -0.25) is 0 Å². The van der Waals surface area contributed by atoms with E-state index in [1.807, 2.05) is 0 Å². The van der Waals surface area contributed by atoms with E-state index in [2.05, 4.69) is 29.8 Å². The number of unbranched alkanes of at least 4 members (excludes halogenated alkanes) is 18. The van der Waals surface area contributed by atoms with Gasteiger partial charge in [-0.2, -0.15) is 0 Å². The third-order valence-electron chi connectivity index (χ3n) is 11.6. The Bertz CT molecular complexity index is 2310. The number of hydrogen-bond acceptors (Lipinski definition) is 10. The van der Waals surface area contributed by atoms with Crippen LogP contribution >= 0.6 is 15.9 Å². The largest absolute Gasteiger partial charge is 0.494 e. The number of carbonyl (C=O) groups excluding carboxylic acids is 4. The number of carbonyl (C=O) groups is 4. The summed E-state index contributed by atoms with van der Waals surface area (Å²) in [6.45, 7) is 5.75. The first-order valence-electron chi connectivity index (χ1n) is 25.1. The van der Waals surface area contributed by atoms with Crippen molar-refractivity contribution in [2.75, 3.05) is 13.2 Å². The first-order valence-corrected chi connectivity index (χ1v) is 25.9. The molecule has 0 unspecified atom stereocenters. The summed E-state index contributed by atoms with van der Waals surface area (Å²) < 4.78 is 34.4. The summed E-state index contributed by atoms with van der Waals surface area (Å²) in [5.74, 6) is -0.276. The predicted molar refractivity (Wildman–Crippen MR) is 274 cm³/mol. The first kappa shape index (κ1) is 54.0. The van der Waals surface area contributed by atoms with E-state index in [1.165, 1.54) is 151 Å². The van der Waals surface area contributed by atoms with E-state index < -0.39 is 23.9 Å². The smallest absolute Gasteiger partial charge is 0.343 e.